The molecule has 61 heavy (non-hydrogen) atoms. The monoisotopic (exact) mass is 988 g/mol. The van der Waals surface area contributed by atoms with Crippen molar-refractivity contribution in [2.45, 2.75) is 74.8 Å². The zero-order valence-electron chi connectivity index (χ0n) is 31.9. The number of aliphatic carboxylic acids is 6. The van der Waals surface area contributed by atoms with E-state index in [9.17, 15) is 88.2 Å². The van der Waals surface area contributed by atoms with Crippen LogP contribution in [0.5, 0.6) is 0 Å². The summed E-state index contributed by atoms with van der Waals surface area (Å²) in [6, 6.07) is -9.08. The average Bonchev–Trinajstić information content (AvgIpc) is 3.18. The molecule has 0 spiro atoms. The van der Waals surface area contributed by atoms with E-state index in [1.165, 1.54) is 0 Å². The van der Waals surface area contributed by atoms with Crippen LogP contribution in [0, 0.1) is 0 Å². The molecule has 0 saturated carbocycles. The van der Waals surface area contributed by atoms with Gasteiger partial charge in [-0.3, -0.25) is 0 Å². The van der Waals surface area contributed by atoms with Crippen LogP contribution in [-0.2, 0) is 57.5 Å². The number of carboxylic acids is 6. The summed E-state index contributed by atoms with van der Waals surface area (Å²) in [4.78, 5) is 143. The molecule has 0 aromatic heterocycles. The van der Waals surface area contributed by atoms with E-state index in [0.717, 1.165) is 30.1 Å². The SMILES string of the molecule is [NH-][C@@H](CCC(=O)N[C@@H](CS[As](SC[C@H](NC(=O)CC[C@H]([NH3+])C(=O)[O-])C(=O)NCC(=O)[O-])SC[C@H](NC(=O)CC[C@H]([NH3+])C(=O)[O-])C(=O)NCC(=O)[O-])C(=O)NCC(=O)[O-])C(=O)[O-]. The first-order valence-corrected chi connectivity index (χ1v) is 27.1. The maximum atomic E-state index is 13.0. The molecule has 0 rings (SSSR count). The number of carbonyl (C=O) groups excluding carboxylic acids is 12. The van der Waals surface area contributed by atoms with Gasteiger partial charge in [-0.2, -0.15) is 0 Å². The van der Waals surface area contributed by atoms with Crippen molar-refractivity contribution < 1.29 is 99.6 Å². The van der Waals surface area contributed by atoms with Crippen LogP contribution in [0.2, 0.25) is 0 Å². The van der Waals surface area contributed by atoms with Crippen LogP contribution in [0.4, 0.5) is 0 Å². The van der Waals surface area contributed by atoms with E-state index in [1.807, 2.05) is 16.0 Å². The van der Waals surface area contributed by atoms with Gasteiger partial charge in [-0.15, -0.1) is 0 Å². The van der Waals surface area contributed by atoms with E-state index in [4.69, 9.17) is 5.73 Å². The molecule has 0 heterocycles. The molecule has 0 unspecified atom stereocenters. The topological polar surface area (TPSA) is 494 Å². The number of amides is 6. The summed E-state index contributed by atoms with van der Waals surface area (Å²) in [6.45, 7) is -3.02. The Labute approximate surface area is 360 Å². The number of rotatable bonds is 33. The van der Waals surface area contributed by atoms with Crippen molar-refractivity contribution in [3.8, 4) is 0 Å². The summed E-state index contributed by atoms with van der Waals surface area (Å²) in [7, 11) is 2.76. The number of hydrogen-bond acceptors (Lipinski definition) is 21. The van der Waals surface area contributed by atoms with E-state index in [2.05, 4.69) is 27.4 Å². The van der Waals surface area contributed by atoms with E-state index in [0.29, 0.717) is 0 Å². The Hall–Kier alpha value is -4.87. The third-order valence-corrected chi connectivity index (χ3v) is 26.0. The Morgan fingerprint density at radius 1 is 0.475 bits per heavy atom. The maximum absolute atomic E-state index is 13.0. The molecule has 0 fully saturated rings. The number of quaternary nitrogens is 2. The van der Waals surface area contributed by atoms with Crippen molar-refractivity contribution in [3.05, 3.63) is 5.73 Å². The average molecular weight is 989 g/mol. The molecule has 344 valence electrons. The molecule has 0 aromatic rings. The Bertz CT molecular complexity index is 1440. The third kappa shape index (κ3) is 26.8. The van der Waals surface area contributed by atoms with Gasteiger partial charge < -0.3 is 0 Å². The molecule has 0 aliphatic carbocycles. The van der Waals surface area contributed by atoms with E-state index >= 15 is 0 Å². The second-order valence-electron chi connectivity index (χ2n) is 12.3. The Kier molecular flexibility index (Phi) is 27.8. The molecule has 0 aliphatic rings. The van der Waals surface area contributed by atoms with Crippen LogP contribution in [-0.4, -0.2) is 156 Å². The predicted octanol–water partition coefficient (Wildman–Crippen LogP) is -14.5. The third-order valence-electron chi connectivity index (χ3n) is 7.27. The Balaban J connectivity index is 6.68. The van der Waals surface area contributed by atoms with Crippen molar-refractivity contribution in [1.29, 1.82) is 0 Å². The van der Waals surface area contributed by atoms with Crippen LogP contribution >= 0.6 is 30.1 Å². The number of nitrogens with one attached hydrogen (secondary N) is 7. The molecule has 0 aromatic carbocycles. The normalized spacial score (nSPS) is 13.8. The van der Waals surface area contributed by atoms with Crippen LogP contribution in [0.15, 0.2) is 0 Å². The summed E-state index contributed by atoms with van der Waals surface area (Å²) in [5, 5.41) is 79.1. The van der Waals surface area contributed by atoms with Crippen molar-refractivity contribution in [2.24, 2.45) is 0 Å². The quantitative estimate of drug-likeness (QED) is 0.0283. The van der Waals surface area contributed by atoms with Crippen molar-refractivity contribution in [2.75, 3.05) is 36.9 Å². The summed E-state index contributed by atoms with van der Waals surface area (Å²) >= 11 is -2.95. The second kappa shape index (κ2) is 30.2. The molecule has 0 aliphatic heterocycles. The van der Waals surface area contributed by atoms with Gasteiger partial charge in [-0.1, -0.05) is 0 Å². The standard InChI is InChI=1S/C30H47AsN9O18S3/c32-13(28(53)54)1-4-19(41)38-16(25(50)35-7-22(44)45)10-59-31(60-11-17(26(51)36-8-23(46)47)39-20(42)5-2-14(33)29(55)56)61-12-18(27(52)37-9-24(48)49)40-21(43)6-3-15(34)30(57)58/h13-18,32H,1-12,33-34H2,(H,35,50)(H,36,51)(H,37,52)(H,38,41)(H,39,42)(H,40,43)(H,44,45)(H,46,47)(H,48,49)(H,53,54)(H,55,56)(H,57,58)/q-1/p-4/t13-,14-,15-,16-,17-,18-/m0/s1. The van der Waals surface area contributed by atoms with E-state index < -0.39 is 170 Å². The summed E-state index contributed by atoms with van der Waals surface area (Å²) < 4.78 is 0. The number of hydrogen-bond donors (Lipinski definition) is 8. The van der Waals surface area contributed by atoms with Gasteiger partial charge in [0.2, 0.25) is 0 Å². The molecule has 0 bridgehead atoms. The molecular weight excluding hydrogens is 945 g/mol. The summed E-state index contributed by atoms with van der Waals surface area (Å²) in [6.07, 6.45) is -2.73. The molecule has 0 saturated heterocycles. The zero-order chi connectivity index (χ0) is 46.8. The van der Waals surface area contributed by atoms with Gasteiger partial charge in [0.25, 0.3) is 0 Å². The molecule has 13 N–H and O–H groups in total. The van der Waals surface area contributed by atoms with Gasteiger partial charge >= 0.3 is 361 Å². The van der Waals surface area contributed by atoms with Gasteiger partial charge in [0.05, 0.1) is 0 Å². The molecule has 31 heteroatoms. The van der Waals surface area contributed by atoms with Gasteiger partial charge in [-0.05, 0) is 0 Å². The minimum absolute atomic E-state index is 0.323. The fraction of sp³-hybridized carbons (Fsp3) is 0.600. The van der Waals surface area contributed by atoms with Crippen molar-refractivity contribution >= 4 is 113 Å². The zero-order valence-corrected chi connectivity index (χ0v) is 36.2. The van der Waals surface area contributed by atoms with Crippen molar-refractivity contribution in [3.63, 3.8) is 0 Å². The first-order valence-electron chi connectivity index (χ1n) is 17.4. The van der Waals surface area contributed by atoms with E-state index in [1.54, 1.807) is 0 Å². The first-order chi connectivity index (χ1) is 28.4. The van der Waals surface area contributed by atoms with Gasteiger partial charge in [0.15, 0.2) is 0 Å². The van der Waals surface area contributed by atoms with Crippen LogP contribution in [0.3, 0.4) is 0 Å². The van der Waals surface area contributed by atoms with E-state index in [-0.39, 0.29) is 24.3 Å². The Morgan fingerprint density at radius 2 is 0.754 bits per heavy atom. The fourth-order valence-corrected chi connectivity index (χ4v) is 21.4. The van der Waals surface area contributed by atoms with Gasteiger partial charge in [0.1, 0.15) is 0 Å². The van der Waals surface area contributed by atoms with Gasteiger partial charge in [-0.25, -0.2) is 0 Å². The van der Waals surface area contributed by atoms with Crippen LogP contribution in [0.25, 0.3) is 5.73 Å². The molecule has 0 radical (unpaired) electrons. The molecule has 6 amide bonds. The second-order valence-corrected chi connectivity index (χ2v) is 29.1. The summed E-state index contributed by atoms with van der Waals surface area (Å²) in [5.41, 5.74) is 14.1. The van der Waals surface area contributed by atoms with Crippen LogP contribution < -0.4 is 74.0 Å². The molecule has 27 nitrogen and oxygen atoms in total. The fourth-order valence-electron chi connectivity index (χ4n) is 3.95. The minimum atomic E-state index is -2.95. The molecular formula is C30H43AsN9O18S3-5. The Morgan fingerprint density at radius 3 is 1.00 bits per heavy atom. The predicted molar refractivity (Wildman–Crippen MR) is 197 cm³/mol. The number of carboxylic acid groups (broad SMARTS) is 6. The molecule has 6 atom stereocenters. The van der Waals surface area contributed by atoms with Crippen LogP contribution in [0.1, 0.15) is 38.5 Å². The summed E-state index contributed by atoms with van der Waals surface area (Å²) in [5.74, 6) is -17.1. The first kappa shape index (κ1) is 56.1. The number of carbonyl (C=O) groups is 12. The van der Waals surface area contributed by atoms with Crippen molar-refractivity contribution in [1.82, 2.24) is 31.9 Å². The van der Waals surface area contributed by atoms with Gasteiger partial charge in [0, 0.05) is 0 Å².